The number of carbonyl (C=O) groups is 1. The SMILES string of the molecule is COc1ccc(OC)c(/C=C2\N=C(c3cccs3)OC2=O)c1. The highest BCUT2D eigenvalue weighted by Gasteiger charge is 2.25. The van der Waals surface area contributed by atoms with Crippen molar-refractivity contribution in [2.75, 3.05) is 14.2 Å². The molecule has 2 aromatic rings. The number of aliphatic imine (C=N–C) groups is 1. The van der Waals surface area contributed by atoms with Gasteiger partial charge >= 0.3 is 5.97 Å². The summed E-state index contributed by atoms with van der Waals surface area (Å²) in [6, 6.07) is 9.07. The molecule has 0 unspecified atom stereocenters. The summed E-state index contributed by atoms with van der Waals surface area (Å²) in [6.45, 7) is 0. The third-order valence-electron chi connectivity index (χ3n) is 3.08. The smallest absolute Gasteiger partial charge is 0.363 e. The zero-order valence-electron chi connectivity index (χ0n) is 12.0. The van der Waals surface area contributed by atoms with Gasteiger partial charge in [-0.05, 0) is 35.7 Å². The first kappa shape index (κ1) is 14.3. The fourth-order valence-electron chi connectivity index (χ4n) is 2.01. The predicted molar refractivity (Wildman–Crippen MR) is 84.5 cm³/mol. The van der Waals surface area contributed by atoms with Gasteiger partial charge in [0.15, 0.2) is 5.70 Å². The van der Waals surface area contributed by atoms with Crippen molar-refractivity contribution < 1.29 is 19.0 Å². The maximum atomic E-state index is 12.0. The van der Waals surface area contributed by atoms with E-state index in [9.17, 15) is 4.79 Å². The molecule has 2 heterocycles. The fraction of sp³-hybridized carbons (Fsp3) is 0.125. The van der Waals surface area contributed by atoms with E-state index in [1.54, 1.807) is 38.5 Å². The fourth-order valence-corrected chi connectivity index (χ4v) is 2.66. The van der Waals surface area contributed by atoms with Crippen LogP contribution in [0.5, 0.6) is 11.5 Å². The molecule has 1 aromatic carbocycles. The van der Waals surface area contributed by atoms with Crippen molar-refractivity contribution in [1.29, 1.82) is 0 Å². The highest BCUT2D eigenvalue weighted by atomic mass is 32.1. The van der Waals surface area contributed by atoms with Crippen LogP contribution in [0, 0.1) is 0 Å². The number of rotatable bonds is 4. The van der Waals surface area contributed by atoms with Crippen LogP contribution in [0.25, 0.3) is 6.08 Å². The van der Waals surface area contributed by atoms with E-state index in [4.69, 9.17) is 14.2 Å². The van der Waals surface area contributed by atoms with Gasteiger partial charge in [-0.3, -0.25) is 0 Å². The number of methoxy groups -OCH3 is 2. The molecule has 0 saturated carbocycles. The third kappa shape index (κ3) is 2.73. The molecule has 3 rings (SSSR count). The molecule has 5 nitrogen and oxygen atoms in total. The predicted octanol–water partition coefficient (Wildman–Crippen LogP) is 3.11. The van der Waals surface area contributed by atoms with Crippen LogP contribution in [-0.4, -0.2) is 26.1 Å². The first-order valence-electron chi connectivity index (χ1n) is 6.49. The van der Waals surface area contributed by atoms with Gasteiger partial charge in [0, 0.05) is 5.56 Å². The Morgan fingerprint density at radius 3 is 2.77 bits per heavy atom. The molecule has 1 aromatic heterocycles. The summed E-state index contributed by atoms with van der Waals surface area (Å²) < 4.78 is 15.7. The summed E-state index contributed by atoms with van der Waals surface area (Å²) in [5.74, 6) is 1.14. The molecule has 0 spiro atoms. The van der Waals surface area contributed by atoms with E-state index in [1.807, 2.05) is 17.5 Å². The Hall–Kier alpha value is -2.60. The largest absolute Gasteiger partial charge is 0.497 e. The minimum absolute atomic E-state index is 0.231. The quantitative estimate of drug-likeness (QED) is 0.642. The summed E-state index contributed by atoms with van der Waals surface area (Å²) in [6.07, 6.45) is 1.63. The van der Waals surface area contributed by atoms with Gasteiger partial charge in [-0.15, -0.1) is 11.3 Å². The number of cyclic esters (lactones) is 1. The summed E-state index contributed by atoms with van der Waals surface area (Å²) >= 11 is 1.46. The van der Waals surface area contributed by atoms with Crippen molar-refractivity contribution in [3.63, 3.8) is 0 Å². The molecule has 1 aliphatic heterocycles. The second kappa shape index (κ2) is 6.03. The van der Waals surface area contributed by atoms with Crippen LogP contribution < -0.4 is 9.47 Å². The lowest BCUT2D eigenvalue weighted by Crippen LogP contribution is -2.03. The van der Waals surface area contributed by atoms with E-state index in [1.165, 1.54) is 11.3 Å². The number of benzene rings is 1. The normalized spacial score (nSPS) is 15.6. The van der Waals surface area contributed by atoms with Crippen LogP contribution in [0.15, 0.2) is 46.4 Å². The van der Waals surface area contributed by atoms with Gasteiger partial charge in [-0.1, -0.05) is 6.07 Å². The van der Waals surface area contributed by atoms with Gasteiger partial charge in [-0.2, -0.15) is 0 Å². The second-order valence-corrected chi connectivity index (χ2v) is 5.37. The summed E-state index contributed by atoms with van der Waals surface area (Å²) in [5, 5.41) is 1.90. The minimum atomic E-state index is -0.478. The van der Waals surface area contributed by atoms with E-state index >= 15 is 0 Å². The van der Waals surface area contributed by atoms with Gasteiger partial charge in [0.05, 0.1) is 19.1 Å². The average molecular weight is 315 g/mol. The molecule has 0 bridgehead atoms. The van der Waals surface area contributed by atoms with Crippen molar-refractivity contribution in [2.45, 2.75) is 0 Å². The van der Waals surface area contributed by atoms with Crippen LogP contribution in [0.4, 0.5) is 0 Å². The van der Waals surface area contributed by atoms with Gasteiger partial charge in [0.1, 0.15) is 11.5 Å². The van der Waals surface area contributed by atoms with Gasteiger partial charge in [0.2, 0.25) is 5.90 Å². The number of nitrogens with zero attached hydrogens (tertiary/aromatic N) is 1. The Bertz CT molecular complexity index is 762. The molecule has 0 fully saturated rings. The van der Waals surface area contributed by atoms with Crippen LogP contribution in [-0.2, 0) is 9.53 Å². The molecule has 0 aliphatic carbocycles. The van der Waals surface area contributed by atoms with Crippen LogP contribution in [0.2, 0.25) is 0 Å². The Balaban J connectivity index is 1.99. The van der Waals surface area contributed by atoms with E-state index in [2.05, 4.69) is 4.99 Å². The minimum Gasteiger partial charge on any atom is -0.497 e. The first-order valence-corrected chi connectivity index (χ1v) is 7.37. The molecule has 0 atom stereocenters. The van der Waals surface area contributed by atoms with E-state index in [-0.39, 0.29) is 5.70 Å². The Kier molecular flexibility index (Phi) is 3.93. The maximum Gasteiger partial charge on any atom is 0.363 e. The average Bonchev–Trinajstić information content (AvgIpc) is 3.17. The number of hydrogen-bond donors (Lipinski definition) is 0. The second-order valence-electron chi connectivity index (χ2n) is 4.42. The van der Waals surface area contributed by atoms with E-state index < -0.39 is 5.97 Å². The highest BCUT2D eigenvalue weighted by molar-refractivity contribution is 7.12. The summed E-state index contributed by atoms with van der Waals surface area (Å²) in [7, 11) is 3.15. The standard InChI is InChI=1S/C16H13NO4S/c1-19-11-5-6-13(20-2)10(8-11)9-12-16(18)21-15(17-12)14-4-3-7-22-14/h3-9H,1-2H3/b12-9-. The lowest BCUT2D eigenvalue weighted by molar-refractivity contribution is -0.129. The van der Waals surface area contributed by atoms with E-state index in [0.717, 1.165) is 4.88 Å². The maximum absolute atomic E-state index is 12.0. The monoisotopic (exact) mass is 315 g/mol. The molecular formula is C16H13NO4S. The van der Waals surface area contributed by atoms with Crippen molar-refractivity contribution in [3.05, 3.63) is 51.8 Å². The van der Waals surface area contributed by atoms with Gasteiger partial charge < -0.3 is 14.2 Å². The number of esters is 1. The topological polar surface area (TPSA) is 57.1 Å². The molecule has 0 amide bonds. The lowest BCUT2D eigenvalue weighted by atomic mass is 10.1. The molecule has 0 radical (unpaired) electrons. The summed E-state index contributed by atoms with van der Waals surface area (Å²) in [4.78, 5) is 17.0. The lowest BCUT2D eigenvalue weighted by Gasteiger charge is -2.07. The molecule has 0 N–H and O–H groups in total. The Labute approximate surface area is 131 Å². The van der Waals surface area contributed by atoms with Crippen molar-refractivity contribution >= 4 is 29.3 Å². The van der Waals surface area contributed by atoms with Crippen molar-refractivity contribution in [2.24, 2.45) is 4.99 Å². The molecule has 22 heavy (non-hydrogen) atoms. The van der Waals surface area contributed by atoms with Crippen molar-refractivity contribution in [3.8, 4) is 11.5 Å². The Morgan fingerprint density at radius 2 is 2.09 bits per heavy atom. The van der Waals surface area contributed by atoms with Gasteiger partial charge in [0.25, 0.3) is 0 Å². The Morgan fingerprint density at radius 1 is 1.23 bits per heavy atom. The number of thiophene rings is 1. The van der Waals surface area contributed by atoms with Crippen LogP contribution in [0.3, 0.4) is 0 Å². The van der Waals surface area contributed by atoms with Crippen molar-refractivity contribution in [1.82, 2.24) is 0 Å². The molecular weight excluding hydrogens is 302 g/mol. The van der Waals surface area contributed by atoms with Crippen LogP contribution in [0.1, 0.15) is 10.4 Å². The molecule has 6 heteroatoms. The molecule has 112 valence electrons. The number of ether oxygens (including phenoxy) is 3. The zero-order valence-corrected chi connectivity index (χ0v) is 12.8. The number of carbonyl (C=O) groups excluding carboxylic acids is 1. The highest BCUT2D eigenvalue weighted by Crippen LogP contribution is 2.28. The third-order valence-corrected chi connectivity index (χ3v) is 3.94. The molecule has 1 aliphatic rings. The van der Waals surface area contributed by atoms with Crippen LogP contribution >= 0.6 is 11.3 Å². The first-order chi connectivity index (χ1) is 10.7. The summed E-state index contributed by atoms with van der Waals surface area (Å²) in [5.41, 5.74) is 0.930. The number of hydrogen-bond acceptors (Lipinski definition) is 6. The zero-order chi connectivity index (χ0) is 15.5. The molecule has 0 saturated heterocycles. The van der Waals surface area contributed by atoms with Gasteiger partial charge in [-0.25, -0.2) is 9.79 Å². The van der Waals surface area contributed by atoms with E-state index in [0.29, 0.717) is 23.0 Å².